The molecule has 2 N–H and O–H groups in total. The molecule has 0 heterocycles. The van der Waals surface area contributed by atoms with Crippen molar-refractivity contribution in [3.8, 4) is 0 Å². The van der Waals surface area contributed by atoms with Gasteiger partial charge < -0.3 is 10.2 Å². The molecule has 2 aliphatic carbocycles. The number of hydrogen-bond acceptors (Lipinski definition) is 2. The van der Waals surface area contributed by atoms with E-state index >= 15 is 0 Å². The number of carboxylic acid groups (broad SMARTS) is 2. The first-order valence-corrected chi connectivity index (χ1v) is 7.01. The van der Waals surface area contributed by atoms with E-state index in [1.807, 2.05) is 0 Å². The van der Waals surface area contributed by atoms with Gasteiger partial charge >= 0.3 is 11.9 Å². The molecule has 2 saturated carbocycles. The third kappa shape index (κ3) is 9.05. The zero-order valence-electron chi connectivity index (χ0n) is 11.3. The topological polar surface area (TPSA) is 74.6 Å². The van der Waals surface area contributed by atoms with Crippen molar-refractivity contribution in [1.82, 2.24) is 0 Å². The standard InChI is InChI=1S/2C7H12O2.Co/c2*8-7(9)5-6-3-1-2-4-6;/h2*6H,1-5H2,(H,8,9);. The van der Waals surface area contributed by atoms with Gasteiger partial charge in [-0.1, -0.05) is 25.7 Å². The molecule has 0 amide bonds. The Balaban J connectivity index is 0.000000324. The van der Waals surface area contributed by atoms with Crippen LogP contribution in [0.5, 0.6) is 0 Å². The molecular formula is C14H24CoO4. The van der Waals surface area contributed by atoms with Crippen molar-refractivity contribution in [3.63, 3.8) is 0 Å². The van der Waals surface area contributed by atoms with Gasteiger partial charge in [0.2, 0.25) is 0 Å². The Hall–Kier alpha value is -0.554. The molecule has 19 heavy (non-hydrogen) atoms. The van der Waals surface area contributed by atoms with E-state index in [1.54, 1.807) is 0 Å². The van der Waals surface area contributed by atoms with Gasteiger partial charge in [0, 0.05) is 29.6 Å². The molecule has 1 radical (unpaired) electrons. The Kier molecular flexibility index (Phi) is 9.96. The van der Waals surface area contributed by atoms with Crippen LogP contribution in [-0.2, 0) is 26.4 Å². The Morgan fingerprint density at radius 2 is 1.00 bits per heavy atom. The van der Waals surface area contributed by atoms with Gasteiger partial charge in [-0.05, 0) is 37.5 Å². The SMILES string of the molecule is O=C(O)CC1CCCC1.O=C(O)CC1CCCC1.[Co]. The molecule has 4 nitrogen and oxygen atoms in total. The van der Waals surface area contributed by atoms with Gasteiger partial charge in [-0.2, -0.15) is 0 Å². The van der Waals surface area contributed by atoms with Gasteiger partial charge in [-0.15, -0.1) is 0 Å². The Bertz CT molecular complexity index is 241. The summed E-state index contributed by atoms with van der Waals surface area (Å²) in [6, 6.07) is 0. The van der Waals surface area contributed by atoms with E-state index in [-0.39, 0.29) is 16.8 Å². The Labute approximate surface area is 125 Å². The first-order chi connectivity index (χ1) is 8.58. The first-order valence-electron chi connectivity index (χ1n) is 7.01. The number of hydrogen-bond donors (Lipinski definition) is 2. The molecule has 113 valence electrons. The molecule has 0 bridgehead atoms. The van der Waals surface area contributed by atoms with Crippen molar-refractivity contribution in [2.24, 2.45) is 11.8 Å². The van der Waals surface area contributed by atoms with Crippen molar-refractivity contribution in [1.29, 1.82) is 0 Å². The van der Waals surface area contributed by atoms with Gasteiger partial charge in [0.1, 0.15) is 0 Å². The van der Waals surface area contributed by atoms with Crippen molar-refractivity contribution >= 4 is 11.9 Å². The van der Waals surface area contributed by atoms with Crippen molar-refractivity contribution < 1.29 is 36.6 Å². The maximum Gasteiger partial charge on any atom is 0.303 e. The summed E-state index contributed by atoms with van der Waals surface area (Å²) in [6.45, 7) is 0. The molecule has 0 saturated heterocycles. The van der Waals surface area contributed by atoms with Crippen molar-refractivity contribution in [2.45, 2.75) is 64.2 Å². The zero-order chi connectivity index (χ0) is 13.4. The first kappa shape index (κ1) is 18.4. The second kappa shape index (κ2) is 10.3. The van der Waals surface area contributed by atoms with E-state index in [0.717, 1.165) is 25.7 Å². The minimum Gasteiger partial charge on any atom is -0.481 e. The normalized spacial score (nSPS) is 19.4. The fourth-order valence-electron chi connectivity index (χ4n) is 2.92. The van der Waals surface area contributed by atoms with Gasteiger partial charge in [-0.3, -0.25) is 9.59 Å². The number of carbonyl (C=O) groups is 2. The predicted octanol–water partition coefficient (Wildman–Crippen LogP) is 3.30. The van der Waals surface area contributed by atoms with Crippen LogP contribution < -0.4 is 0 Å². The van der Waals surface area contributed by atoms with Gasteiger partial charge in [0.05, 0.1) is 0 Å². The summed E-state index contributed by atoms with van der Waals surface area (Å²) in [5, 5.41) is 16.7. The van der Waals surface area contributed by atoms with E-state index < -0.39 is 11.9 Å². The van der Waals surface area contributed by atoms with Crippen molar-refractivity contribution in [3.05, 3.63) is 0 Å². The average molecular weight is 315 g/mol. The van der Waals surface area contributed by atoms with Gasteiger partial charge in [-0.25, -0.2) is 0 Å². The van der Waals surface area contributed by atoms with Crippen molar-refractivity contribution in [2.75, 3.05) is 0 Å². The molecule has 0 aliphatic heterocycles. The average Bonchev–Trinajstić information content (AvgIpc) is 2.90. The summed E-state index contributed by atoms with van der Waals surface area (Å²) in [7, 11) is 0. The number of aliphatic carboxylic acids is 2. The molecular weight excluding hydrogens is 291 g/mol. The zero-order valence-corrected chi connectivity index (χ0v) is 12.3. The number of carboxylic acids is 2. The van der Waals surface area contributed by atoms with E-state index in [2.05, 4.69) is 0 Å². The molecule has 2 aliphatic rings. The van der Waals surface area contributed by atoms with Crippen LogP contribution >= 0.6 is 0 Å². The summed E-state index contributed by atoms with van der Waals surface area (Å²) >= 11 is 0. The van der Waals surface area contributed by atoms with E-state index in [4.69, 9.17) is 10.2 Å². The van der Waals surface area contributed by atoms with E-state index in [0.29, 0.717) is 24.7 Å². The maximum atomic E-state index is 10.2. The molecule has 0 aromatic rings. The molecule has 0 aromatic carbocycles. The van der Waals surface area contributed by atoms with E-state index in [9.17, 15) is 9.59 Å². The molecule has 5 heteroatoms. The summed E-state index contributed by atoms with van der Waals surface area (Å²) in [5.41, 5.74) is 0. The molecule has 0 spiro atoms. The smallest absolute Gasteiger partial charge is 0.303 e. The Morgan fingerprint density at radius 3 is 1.21 bits per heavy atom. The van der Waals surface area contributed by atoms with Gasteiger partial charge in [0.25, 0.3) is 0 Å². The van der Waals surface area contributed by atoms with E-state index in [1.165, 1.54) is 25.7 Å². The molecule has 0 unspecified atom stereocenters. The second-order valence-corrected chi connectivity index (χ2v) is 5.50. The van der Waals surface area contributed by atoms with Crippen LogP contribution in [0.25, 0.3) is 0 Å². The fraction of sp³-hybridized carbons (Fsp3) is 0.857. The summed E-state index contributed by atoms with van der Waals surface area (Å²) in [5.74, 6) is -0.297. The van der Waals surface area contributed by atoms with Crippen LogP contribution in [0.2, 0.25) is 0 Å². The van der Waals surface area contributed by atoms with Gasteiger partial charge in [0.15, 0.2) is 0 Å². The third-order valence-electron chi connectivity index (χ3n) is 3.88. The summed E-state index contributed by atoms with van der Waals surface area (Å²) in [6.07, 6.45) is 10.2. The quantitative estimate of drug-likeness (QED) is 0.834. The minimum absolute atomic E-state index is 0. The fourth-order valence-corrected chi connectivity index (χ4v) is 2.92. The van der Waals surface area contributed by atoms with Crippen LogP contribution in [-0.4, -0.2) is 22.2 Å². The summed E-state index contributed by atoms with van der Waals surface area (Å²) < 4.78 is 0. The third-order valence-corrected chi connectivity index (χ3v) is 3.88. The summed E-state index contributed by atoms with van der Waals surface area (Å²) in [4.78, 5) is 20.3. The van der Waals surface area contributed by atoms with Crippen LogP contribution in [0.4, 0.5) is 0 Å². The maximum absolute atomic E-state index is 10.2. The monoisotopic (exact) mass is 315 g/mol. The van der Waals surface area contributed by atoms with Crippen LogP contribution in [0.15, 0.2) is 0 Å². The van der Waals surface area contributed by atoms with Crippen LogP contribution in [0.3, 0.4) is 0 Å². The number of rotatable bonds is 4. The minimum atomic E-state index is -0.637. The predicted molar refractivity (Wildman–Crippen MR) is 68.4 cm³/mol. The molecule has 0 atom stereocenters. The van der Waals surface area contributed by atoms with Crippen LogP contribution in [0.1, 0.15) is 64.2 Å². The molecule has 0 aromatic heterocycles. The molecule has 2 rings (SSSR count). The molecule has 2 fully saturated rings. The van der Waals surface area contributed by atoms with Crippen LogP contribution in [0, 0.1) is 11.8 Å². The largest absolute Gasteiger partial charge is 0.481 e. The Morgan fingerprint density at radius 1 is 0.737 bits per heavy atom. The second-order valence-electron chi connectivity index (χ2n) is 5.50.